The summed E-state index contributed by atoms with van der Waals surface area (Å²) in [7, 11) is -2.87. The summed E-state index contributed by atoms with van der Waals surface area (Å²) < 4.78 is 53.8. The molecule has 0 amide bonds. The number of carbonyl (C=O) groups excluding carboxylic acids is 1. The van der Waals surface area contributed by atoms with Crippen LogP contribution in [0.25, 0.3) is 0 Å². The first-order chi connectivity index (χ1) is 9.39. The van der Waals surface area contributed by atoms with Crippen LogP contribution >= 0.6 is 19.2 Å². The molecule has 0 spiro atoms. The van der Waals surface area contributed by atoms with Gasteiger partial charge in [0.1, 0.15) is 0 Å². The van der Waals surface area contributed by atoms with Crippen molar-refractivity contribution in [2.24, 2.45) is 0 Å². The standard InChI is InChI=1S/C12H20ClF2O5P/c1-8(2)19-21(17,20-9(3)4)7-10(12(13,14)15)6-11(16)18-5/h6,8-9H,7H2,1-5H3/b10-6+. The second-order valence-electron chi connectivity index (χ2n) is 4.77. The molecule has 0 N–H and O–H groups in total. The van der Waals surface area contributed by atoms with E-state index in [0.29, 0.717) is 6.08 Å². The van der Waals surface area contributed by atoms with Crippen molar-refractivity contribution in [1.82, 2.24) is 0 Å². The van der Waals surface area contributed by atoms with Crippen molar-refractivity contribution in [3.8, 4) is 0 Å². The van der Waals surface area contributed by atoms with Gasteiger partial charge in [-0.05, 0) is 39.3 Å². The average Bonchev–Trinajstić information content (AvgIpc) is 2.23. The van der Waals surface area contributed by atoms with Crippen molar-refractivity contribution in [3.05, 3.63) is 11.6 Å². The largest absolute Gasteiger partial charge is 0.466 e. The Hall–Kier alpha value is -0.490. The van der Waals surface area contributed by atoms with Gasteiger partial charge in [0.2, 0.25) is 0 Å². The number of hydrogen-bond acceptors (Lipinski definition) is 5. The smallest absolute Gasteiger partial charge is 0.345 e. The quantitative estimate of drug-likeness (QED) is 0.287. The average molecular weight is 349 g/mol. The van der Waals surface area contributed by atoms with E-state index in [0.717, 1.165) is 7.11 Å². The van der Waals surface area contributed by atoms with Gasteiger partial charge in [0, 0.05) is 11.6 Å². The Kier molecular flexibility index (Phi) is 8.03. The lowest BCUT2D eigenvalue weighted by Gasteiger charge is -2.24. The maximum Gasteiger partial charge on any atom is 0.345 e. The zero-order valence-electron chi connectivity index (χ0n) is 12.6. The van der Waals surface area contributed by atoms with Gasteiger partial charge in [-0.25, -0.2) is 4.79 Å². The van der Waals surface area contributed by atoms with Gasteiger partial charge in [-0.3, -0.25) is 4.57 Å². The molecule has 0 saturated carbocycles. The summed E-state index contributed by atoms with van der Waals surface area (Å²) in [6.45, 7) is 6.33. The highest BCUT2D eigenvalue weighted by molar-refractivity contribution is 7.54. The molecular formula is C12H20ClF2O5P. The molecule has 0 heterocycles. The highest BCUT2D eigenvalue weighted by Gasteiger charge is 2.39. The van der Waals surface area contributed by atoms with Crippen LogP contribution in [-0.4, -0.2) is 36.8 Å². The van der Waals surface area contributed by atoms with E-state index >= 15 is 0 Å². The summed E-state index contributed by atoms with van der Waals surface area (Å²) in [4.78, 5) is 11.1. The van der Waals surface area contributed by atoms with Crippen LogP contribution in [0.5, 0.6) is 0 Å². The number of carbonyl (C=O) groups is 1. The fourth-order valence-corrected chi connectivity index (χ4v) is 3.77. The van der Waals surface area contributed by atoms with E-state index in [-0.39, 0.29) is 0 Å². The topological polar surface area (TPSA) is 61.8 Å². The van der Waals surface area contributed by atoms with Crippen molar-refractivity contribution >= 4 is 25.2 Å². The third-order valence-corrected chi connectivity index (χ3v) is 4.42. The van der Waals surface area contributed by atoms with Gasteiger partial charge >= 0.3 is 18.9 Å². The van der Waals surface area contributed by atoms with Crippen LogP contribution < -0.4 is 0 Å². The SMILES string of the molecule is COC(=O)/C=C(\CP(=O)(OC(C)C)OC(C)C)C(F)(F)Cl. The van der Waals surface area contributed by atoms with E-state index in [1.54, 1.807) is 27.7 Å². The molecule has 124 valence electrons. The van der Waals surface area contributed by atoms with E-state index in [1.165, 1.54) is 0 Å². The highest BCUT2D eigenvalue weighted by Crippen LogP contribution is 2.54. The molecule has 0 unspecified atom stereocenters. The molecule has 0 aromatic rings. The molecule has 0 fully saturated rings. The molecule has 0 radical (unpaired) electrons. The monoisotopic (exact) mass is 348 g/mol. The number of methoxy groups -OCH3 is 1. The fourth-order valence-electron chi connectivity index (χ4n) is 1.37. The molecule has 5 nitrogen and oxygen atoms in total. The van der Waals surface area contributed by atoms with Gasteiger partial charge in [-0.2, -0.15) is 8.78 Å². The first-order valence-corrected chi connectivity index (χ1v) is 8.31. The highest BCUT2D eigenvalue weighted by atomic mass is 35.5. The van der Waals surface area contributed by atoms with E-state index < -0.39 is 42.9 Å². The molecule has 0 aliphatic rings. The number of hydrogen-bond donors (Lipinski definition) is 0. The third-order valence-electron chi connectivity index (χ3n) is 1.96. The number of ether oxygens (including phenoxy) is 1. The van der Waals surface area contributed by atoms with Crippen LogP contribution in [0.2, 0.25) is 0 Å². The van der Waals surface area contributed by atoms with Crippen molar-refractivity contribution in [1.29, 1.82) is 0 Å². The van der Waals surface area contributed by atoms with E-state index in [9.17, 15) is 18.1 Å². The Morgan fingerprint density at radius 2 is 1.67 bits per heavy atom. The summed E-state index contributed by atoms with van der Waals surface area (Å²) in [6.07, 6.45) is -1.35. The minimum Gasteiger partial charge on any atom is -0.466 e. The van der Waals surface area contributed by atoms with E-state index in [4.69, 9.17) is 20.6 Å². The lowest BCUT2D eigenvalue weighted by molar-refractivity contribution is -0.135. The van der Waals surface area contributed by atoms with Crippen molar-refractivity contribution < 1.29 is 31.9 Å². The second-order valence-corrected chi connectivity index (χ2v) is 7.20. The predicted octanol–water partition coefficient (Wildman–Crippen LogP) is 3.96. The first kappa shape index (κ1) is 20.5. The van der Waals surface area contributed by atoms with Crippen LogP contribution in [-0.2, 0) is 23.1 Å². The molecule has 21 heavy (non-hydrogen) atoms. The molecule has 0 atom stereocenters. The van der Waals surface area contributed by atoms with E-state index in [1.807, 2.05) is 0 Å². The molecule has 0 aromatic heterocycles. The fraction of sp³-hybridized carbons (Fsp3) is 0.750. The minimum atomic E-state index is -3.89. The number of rotatable bonds is 8. The van der Waals surface area contributed by atoms with Gasteiger partial charge in [-0.1, -0.05) is 0 Å². The van der Waals surface area contributed by atoms with Crippen LogP contribution in [0.3, 0.4) is 0 Å². The molecular weight excluding hydrogens is 329 g/mol. The van der Waals surface area contributed by atoms with Gasteiger partial charge in [0.05, 0.1) is 25.5 Å². The number of alkyl halides is 3. The van der Waals surface area contributed by atoms with Gasteiger partial charge in [0.15, 0.2) is 0 Å². The Morgan fingerprint density at radius 3 is 1.95 bits per heavy atom. The summed E-state index contributed by atoms with van der Waals surface area (Å²) in [5, 5.41) is -3.87. The summed E-state index contributed by atoms with van der Waals surface area (Å²) in [5.41, 5.74) is -0.888. The third kappa shape index (κ3) is 8.51. The normalized spacial score (nSPS) is 13.9. The maximum atomic E-state index is 13.3. The van der Waals surface area contributed by atoms with Crippen molar-refractivity contribution in [3.63, 3.8) is 0 Å². The Morgan fingerprint density at radius 1 is 1.24 bits per heavy atom. The van der Waals surface area contributed by atoms with Crippen LogP contribution in [0.1, 0.15) is 27.7 Å². The van der Waals surface area contributed by atoms with E-state index in [2.05, 4.69) is 4.74 Å². The molecule has 0 aliphatic heterocycles. The summed E-state index contributed by atoms with van der Waals surface area (Å²) >= 11 is 4.94. The van der Waals surface area contributed by atoms with Gasteiger partial charge < -0.3 is 13.8 Å². The minimum absolute atomic E-state index is 0.493. The van der Waals surface area contributed by atoms with Crippen molar-refractivity contribution in [2.75, 3.05) is 13.3 Å². The van der Waals surface area contributed by atoms with Crippen LogP contribution in [0.15, 0.2) is 11.6 Å². The second kappa shape index (κ2) is 8.22. The molecule has 0 saturated heterocycles. The maximum absolute atomic E-state index is 13.3. The molecule has 9 heteroatoms. The summed E-state index contributed by atoms with van der Waals surface area (Å²) in [5.74, 6) is -1.04. The Balaban J connectivity index is 5.46. The van der Waals surface area contributed by atoms with Crippen LogP contribution in [0, 0.1) is 0 Å². The molecule has 0 rings (SSSR count). The van der Waals surface area contributed by atoms with Crippen LogP contribution in [0.4, 0.5) is 8.78 Å². The number of halogens is 3. The zero-order chi connectivity index (χ0) is 16.8. The first-order valence-electron chi connectivity index (χ1n) is 6.21. The Bertz CT molecular complexity index is 418. The molecule has 0 aromatic carbocycles. The molecule has 0 bridgehead atoms. The number of esters is 1. The predicted molar refractivity (Wildman–Crippen MR) is 75.8 cm³/mol. The van der Waals surface area contributed by atoms with Crippen molar-refractivity contribution in [2.45, 2.75) is 45.3 Å². The molecule has 0 aliphatic carbocycles. The lowest BCUT2D eigenvalue weighted by atomic mass is 10.3. The Labute approximate surface area is 128 Å². The van der Waals surface area contributed by atoms with Gasteiger partial charge in [-0.15, -0.1) is 0 Å². The zero-order valence-corrected chi connectivity index (χ0v) is 14.2. The number of allylic oxidation sites excluding steroid dienone is 1. The lowest BCUT2D eigenvalue weighted by Crippen LogP contribution is -2.19. The van der Waals surface area contributed by atoms with Gasteiger partial charge in [0.25, 0.3) is 0 Å². The summed E-state index contributed by atoms with van der Waals surface area (Å²) in [6, 6.07) is 0.